The van der Waals surface area contributed by atoms with Crippen LogP contribution in [0.15, 0.2) is 49.6 Å². The van der Waals surface area contributed by atoms with Gasteiger partial charge in [0.1, 0.15) is 6.61 Å². The molecule has 130 valence electrons. The van der Waals surface area contributed by atoms with Crippen molar-refractivity contribution in [3.05, 3.63) is 49.6 Å². The summed E-state index contributed by atoms with van der Waals surface area (Å²) in [6.45, 7) is 17.3. The Morgan fingerprint density at radius 1 is 1.04 bits per heavy atom. The number of carbonyl (C=O) groups is 2. The molecule has 0 aromatic carbocycles. The lowest BCUT2D eigenvalue weighted by molar-refractivity contribution is -0.156. The maximum absolute atomic E-state index is 11.1. The normalized spacial score (nSPS) is 10.4. The van der Waals surface area contributed by atoms with Crippen molar-refractivity contribution in [2.24, 2.45) is 0 Å². The summed E-state index contributed by atoms with van der Waals surface area (Å²) >= 11 is 0. The van der Waals surface area contributed by atoms with Gasteiger partial charge in [0.05, 0.1) is 19.8 Å². The van der Waals surface area contributed by atoms with Crippen molar-refractivity contribution in [1.82, 2.24) is 0 Å². The van der Waals surface area contributed by atoms with E-state index in [4.69, 9.17) is 19.3 Å². The number of hydrogen-bond donors (Lipinski definition) is 1. The zero-order chi connectivity index (χ0) is 18.3. The summed E-state index contributed by atoms with van der Waals surface area (Å²) in [7, 11) is 0. The van der Waals surface area contributed by atoms with Gasteiger partial charge in [0.15, 0.2) is 6.10 Å². The van der Waals surface area contributed by atoms with E-state index in [2.05, 4.69) is 26.3 Å². The van der Waals surface area contributed by atoms with Gasteiger partial charge in [0.25, 0.3) is 0 Å². The van der Waals surface area contributed by atoms with E-state index < -0.39 is 24.6 Å². The SMILES string of the molecule is C=C(C)C(=O)OCC(CO)OC(=O)C(=C)C.C=CCOCC=C. The van der Waals surface area contributed by atoms with Crippen LogP contribution < -0.4 is 0 Å². The van der Waals surface area contributed by atoms with Crippen LogP contribution in [0.2, 0.25) is 0 Å². The van der Waals surface area contributed by atoms with Crippen molar-refractivity contribution in [3.8, 4) is 0 Å². The average Bonchev–Trinajstić information content (AvgIpc) is 2.51. The van der Waals surface area contributed by atoms with Crippen LogP contribution in [0.3, 0.4) is 0 Å². The van der Waals surface area contributed by atoms with Crippen LogP contribution in [0.1, 0.15) is 13.8 Å². The van der Waals surface area contributed by atoms with Gasteiger partial charge in [0, 0.05) is 11.1 Å². The van der Waals surface area contributed by atoms with Gasteiger partial charge in [-0.25, -0.2) is 9.59 Å². The Labute approximate surface area is 137 Å². The predicted octanol–water partition coefficient (Wildman–Crippen LogP) is 1.96. The number of aliphatic hydroxyl groups is 1. The van der Waals surface area contributed by atoms with Crippen molar-refractivity contribution in [2.45, 2.75) is 20.0 Å². The highest BCUT2D eigenvalue weighted by Gasteiger charge is 2.16. The van der Waals surface area contributed by atoms with E-state index in [-0.39, 0.29) is 17.8 Å². The monoisotopic (exact) mass is 326 g/mol. The molecule has 0 spiro atoms. The number of ether oxygens (including phenoxy) is 3. The van der Waals surface area contributed by atoms with Crippen LogP contribution >= 0.6 is 0 Å². The van der Waals surface area contributed by atoms with Crippen LogP contribution in [0, 0.1) is 0 Å². The molecular weight excluding hydrogens is 300 g/mol. The first-order valence-electron chi connectivity index (χ1n) is 6.89. The van der Waals surface area contributed by atoms with Gasteiger partial charge in [-0.05, 0) is 13.8 Å². The van der Waals surface area contributed by atoms with Gasteiger partial charge < -0.3 is 19.3 Å². The molecule has 0 aromatic rings. The molecule has 0 fully saturated rings. The topological polar surface area (TPSA) is 82.1 Å². The predicted molar refractivity (Wildman–Crippen MR) is 88.8 cm³/mol. The van der Waals surface area contributed by atoms with E-state index in [1.807, 2.05) is 0 Å². The first-order chi connectivity index (χ1) is 10.8. The summed E-state index contributed by atoms with van der Waals surface area (Å²) in [6, 6.07) is 0. The molecule has 0 amide bonds. The second-order valence-electron chi connectivity index (χ2n) is 4.48. The molecule has 0 aromatic heterocycles. The van der Waals surface area contributed by atoms with E-state index in [1.165, 1.54) is 13.8 Å². The second kappa shape index (κ2) is 14.7. The largest absolute Gasteiger partial charge is 0.458 e. The molecule has 0 radical (unpaired) electrons. The molecule has 6 nitrogen and oxygen atoms in total. The van der Waals surface area contributed by atoms with Crippen molar-refractivity contribution in [3.63, 3.8) is 0 Å². The maximum Gasteiger partial charge on any atom is 0.333 e. The summed E-state index contributed by atoms with van der Waals surface area (Å²) < 4.78 is 14.4. The van der Waals surface area contributed by atoms with Gasteiger partial charge in [-0.2, -0.15) is 0 Å². The Balaban J connectivity index is 0. The van der Waals surface area contributed by atoms with Crippen LogP contribution in [-0.4, -0.2) is 49.6 Å². The van der Waals surface area contributed by atoms with Gasteiger partial charge in [-0.3, -0.25) is 0 Å². The van der Waals surface area contributed by atoms with E-state index in [0.717, 1.165) is 0 Å². The summed E-state index contributed by atoms with van der Waals surface area (Å²) in [4.78, 5) is 22.1. The molecule has 0 saturated heterocycles. The molecule has 0 saturated carbocycles. The molecule has 1 unspecified atom stereocenters. The minimum Gasteiger partial charge on any atom is -0.458 e. The Morgan fingerprint density at radius 3 is 1.87 bits per heavy atom. The fourth-order valence-corrected chi connectivity index (χ4v) is 0.903. The average molecular weight is 326 g/mol. The Kier molecular flexibility index (Phi) is 14.8. The van der Waals surface area contributed by atoms with Crippen molar-refractivity contribution >= 4 is 11.9 Å². The zero-order valence-electron chi connectivity index (χ0n) is 13.9. The maximum atomic E-state index is 11.1. The summed E-state index contributed by atoms with van der Waals surface area (Å²) in [5.41, 5.74) is 0.451. The standard InChI is InChI=1S/C11H16O5.C6H10O/c1-7(2)10(13)15-6-9(5-12)16-11(14)8(3)4;1-3-5-7-6-4-2/h9,12H,1,3,5-6H2,2,4H3;3-4H,1-2,5-6H2. The molecule has 0 aliphatic carbocycles. The summed E-state index contributed by atoms with van der Waals surface area (Å²) in [6.07, 6.45) is 2.54. The van der Waals surface area contributed by atoms with Crippen LogP contribution in [0.25, 0.3) is 0 Å². The molecule has 0 rings (SSSR count). The molecule has 23 heavy (non-hydrogen) atoms. The lowest BCUT2D eigenvalue weighted by Gasteiger charge is -2.15. The third-order valence-corrected chi connectivity index (χ3v) is 2.05. The van der Waals surface area contributed by atoms with Crippen LogP contribution in [0.4, 0.5) is 0 Å². The highest BCUT2D eigenvalue weighted by molar-refractivity contribution is 5.87. The number of carbonyl (C=O) groups excluding carboxylic acids is 2. The Morgan fingerprint density at radius 2 is 1.52 bits per heavy atom. The molecule has 0 bridgehead atoms. The quantitative estimate of drug-likeness (QED) is 0.286. The van der Waals surface area contributed by atoms with Gasteiger partial charge >= 0.3 is 11.9 Å². The van der Waals surface area contributed by atoms with Gasteiger partial charge in [0.2, 0.25) is 0 Å². The highest BCUT2D eigenvalue weighted by Crippen LogP contribution is 2.01. The number of esters is 2. The van der Waals surface area contributed by atoms with E-state index in [1.54, 1.807) is 12.2 Å². The minimum atomic E-state index is -0.882. The van der Waals surface area contributed by atoms with E-state index in [9.17, 15) is 9.59 Å². The fraction of sp³-hybridized carbons (Fsp3) is 0.412. The van der Waals surface area contributed by atoms with Crippen LogP contribution in [-0.2, 0) is 23.8 Å². The van der Waals surface area contributed by atoms with Gasteiger partial charge in [-0.1, -0.05) is 25.3 Å². The third-order valence-electron chi connectivity index (χ3n) is 2.05. The Bertz CT molecular complexity index is 417. The number of aliphatic hydroxyl groups excluding tert-OH is 1. The first kappa shape index (κ1) is 23.1. The highest BCUT2D eigenvalue weighted by atomic mass is 16.6. The molecule has 0 aliphatic heterocycles. The molecule has 0 aliphatic rings. The second-order valence-corrected chi connectivity index (χ2v) is 4.48. The van der Waals surface area contributed by atoms with Crippen molar-refractivity contribution in [2.75, 3.05) is 26.4 Å². The lowest BCUT2D eigenvalue weighted by atomic mass is 10.3. The molecule has 6 heteroatoms. The number of rotatable bonds is 10. The van der Waals surface area contributed by atoms with E-state index >= 15 is 0 Å². The van der Waals surface area contributed by atoms with E-state index in [0.29, 0.717) is 13.2 Å². The van der Waals surface area contributed by atoms with Gasteiger partial charge in [-0.15, -0.1) is 13.2 Å². The van der Waals surface area contributed by atoms with Crippen LogP contribution in [0.5, 0.6) is 0 Å². The molecule has 1 atom stereocenters. The zero-order valence-corrected chi connectivity index (χ0v) is 13.9. The smallest absolute Gasteiger partial charge is 0.333 e. The first-order valence-corrected chi connectivity index (χ1v) is 6.89. The van der Waals surface area contributed by atoms with Crippen molar-refractivity contribution < 1.29 is 28.9 Å². The summed E-state index contributed by atoms with van der Waals surface area (Å²) in [5.74, 6) is -1.23. The molecule has 0 heterocycles. The molecule has 1 N–H and O–H groups in total. The Hall–Kier alpha value is -2.18. The third kappa shape index (κ3) is 14.5. The minimum absolute atomic E-state index is 0.207. The molecular formula is C17H26O6. The number of hydrogen-bond acceptors (Lipinski definition) is 6. The fourth-order valence-electron chi connectivity index (χ4n) is 0.903. The lowest BCUT2D eigenvalue weighted by Crippen LogP contribution is -2.28. The van der Waals surface area contributed by atoms with Crippen molar-refractivity contribution in [1.29, 1.82) is 0 Å². The summed E-state index contributed by atoms with van der Waals surface area (Å²) in [5, 5.41) is 8.89.